The third-order valence-corrected chi connectivity index (χ3v) is 3.30. The smallest absolute Gasteiger partial charge is 0.312 e. The monoisotopic (exact) mass is 240 g/mol. The molecule has 0 amide bonds. The van der Waals surface area contributed by atoms with Gasteiger partial charge in [-0.05, 0) is 12.8 Å². The van der Waals surface area contributed by atoms with Gasteiger partial charge in [0.15, 0.2) is 12.4 Å². The van der Waals surface area contributed by atoms with Gasteiger partial charge in [0.25, 0.3) is 0 Å². The van der Waals surface area contributed by atoms with Crippen LogP contribution in [0.3, 0.4) is 0 Å². The Labute approximate surface area is 97.1 Å². The van der Waals surface area contributed by atoms with Crippen LogP contribution >= 0.6 is 0 Å². The molecule has 6 heteroatoms. The molecule has 6 nitrogen and oxygen atoms in total. The highest BCUT2D eigenvalue weighted by Crippen LogP contribution is 2.41. The minimum absolute atomic E-state index is 0.138. The van der Waals surface area contributed by atoms with Crippen molar-refractivity contribution in [1.29, 1.82) is 0 Å². The van der Waals surface area contributed by atoms with E-state index >= 15 is 0 Å². The maximum absolute atomic E-state index is 11.8. The molecule has 0 spiro atoms. The van der Waals surface area contributed by atoms with Gasteiger partial charge >= 0.3 is 11.9 Å². The van der Waals surface area contributed by atoms with E-state index in [-0.39, 0.29) is 12.4 Å². The van der Waals surface area contributed by atoms with Gasteiger partial charge in [-0.1, -0.05) is 12.2 Å². The first-order chi connectivity index (χ1) is 8.16. The van der Waals surface area contributed by atoms with Crippen LogP contribution in [0.15, 0.2) is 12.2 Å². The number of hydrogen-bond acceptors (Lipinski definition) is 5. The van der Waals surface area contributed by atoms with Crippen molar-refractivity contribution in [3.8, 4) is 0 Å². The van der Waals surface area contributed by atoms with Crippen LogP contribution in [-0.2, 0) is 23.8 Å². The maximum atomic E-state index is 11.8. The Balaban J connectivity index is 1.62. The van der Waals surface area contributed by atoms with E-state index in [0.29, 0.717) is 12.8 Å². The number of rotatable bonds is 3. The summed E-state index contributed by atoms with van der Waals surface area (Å²) in [5, 5.41) is 9.03. The second kappa shape index (κ2) is 3.82. The zero-order valence-electron chi connectivity index (χ0n) is 8.94. The predicted molar refractivity (Wildman–Crippen MR) is 52.6 cm³/mol. The minimum Gasteiger partial charge on any atom is -0.481 e. The van der Waals surface area contributed by atoms with Crippen molar-refractivity contribution in [3.63, 3.8) is 0 Å². The summed E-state index contributed by atoms with van der Waals surface area (Å²) >= 11 is 0. The van der Waals surface area contributed by atoms with Crippen LogP contribution in [0.5, 0.6) is 0 Å². The molecule has 0 radical (unpaired) electrons. The number of carboxylic acids is 1. The predicted octanol–water partition coefficient (Wildman–Crippen LogP) is 0.278. The van der Waals surface area contributed by atoms with E-state index in [9.17, 15) is 9.59 Å². The number of ether oxygens (including phenoxy) is 3. The second-order valence-electron chi connectivity index (χ2n) is 4.40. The SMILES string of the molecule is O=C(O)C1CC=CCC1C(=O)OC1OC2OC12. The first kappa shape index (κ1) is 10.7. The average Bonchev–Trinajstić information content (AvgIpc) is 2.97. The second-order valence-corrected chi connectivity index (χ2v) is 4.40. The highest BCUT2D eigenvalue weighted by Gasteiger charge is 2.61. The lowest BCUT2D eigenvalue weighted by molar-refractivity contribution is -0.213. The third-order valence-electron chi connectivity index (χ3n) is 3.30. The lowest BCUT2D eigenvalue weighted by Crippen LogP contribution is -2.41. The molecule has 17 heavy (non-hydrogen) atoms. The molecule has 3 aliphatic rings. The zero-order chi connectivity index (χ0) is 12.0. The van der Waals surface area contributed by atoms with Crippen LogP contribution in [0, 0.1) is 11.8 Å². The molecule has 0 aromatic carbocycles. The summed E-state index contributed by atoms with van der Waals surface area (Å²) in [6.45, 7) is 0. The molecule has 2 fully saturated rings. The van der Waals surface area contributed by atoms with Crippen LogP contribution in [0.25, 0.3) is 0 Å². The topological polar surface area (TPSA) is 85.4 Å². The van der Waals surface area contributed by atoms with Crippen molar-refractivity contribution in [2.24, 2.45) is 11.8 Å². The Morgan fingerprint density at radius 1 is 1.18 bits per heavy atom. The molecule has 92 valence electrons. The number of aliphatic carboxylic acids is 1. The van der Waals surface area contributed by atoms with E-state index in [1.54, 1.807) is 6.08 Å². The lowest BCUT2D eigenvalue weighted by atomic mass is 9.83. The van der Waals surface area contributed by atoms with Gasteiger partial charge in [0.05, 0.1) is 11.8 Å². The van der Waals surface area contributed by atoms with Gasteiger partial charge in [-0.15, -0.1) is 0 Å². The summed E-state index contributed by atoms with van der Waals surface area (Å²) < 4.78 is 15.1. The fourth-order valence-corrected chi connectivity index (χ4v) is 2.18. The normalized spacial score (nSPS) is 42.2. The van der Waals surface area contributed by atoms with Crippen molar-refractivity contribution >= 4 is 11.9 Å². The van der Waals surface area contributed by atoms with Crippen molar-refractivity contribution in [3.05, 3.63) is 12.2 Å². The fourth-order valence-electron chi connectivity index (χ4n) is 2.18. The fraction of sp³-hybridized carbons (Fsp3) is 0.636. The summed E-state index contributed by atoms with van der Waals surface area (Å²) in [6.07, 6.45) is 3.36. The van der Waals surface area contributed by atoms with Crippen LogP contribution in [0.2, 0.25) is 0 Å². The number of hydrogen-bond donors (Lipinski definition) is 1. The van der Waals surface area contributed by atoms with Crippen LogP contribution in [0.4, 0.5) is 0 Å². The molecule has 0 aromatic heterocycles. The third kappa shape index (κ3) is 1.83. The molecule has 5 atom stereocenters. The van der Waals surface area contributed by atoms with E-state index in [4.69, 9.17) is 19.3 Å². The Kier molecular flexibility index (Phi) is 2.41. The molecule has 2 aliphatic heterocycles. The molecular weight excluding hydrogens is 228 g/mol. The summed E-state index contributed by atoms with van der Waals surface area (Å²) in [6, 6.07) is 0. The van der Waals surface area contributed by atoms with E-state index in [2.05, 4.69) is 0 Å². The van der Waals surface area contributed by atoms with Crippen molar-refractivity contribution < 1.29 is 28.9 Å². The first-order valence-corrected chi connectivity index (χ1v) is 5.56. The molecule has 5 unspecified atom stereocenters. The Hall–Kier alpha value is -1.40. The first-order valence-electron chi connectivity index (χ1n) is 5.56. The van der Waals surface area contributed by atoms with Crippen molar-refractivity contribution in [2.75, 3.05) is 0 Å². The molecule has 0 saturated carbocycles. The number of fused-ring (bicyclic) bond motifs is 1. The van der Waals surface area contributed by atoms with E-state index in [1.165, 1.54) is 0 Å². The van der Waals surface area contributed by atoms with E-state index < -0.39 is 30.1 Å². The average molecular weight is 240 g/mol. The summed E-state index contributed by atoms with van der Waals surface area (Å²) in [4.78, 5) is 22.8. The Morgan fingerprint density at radius 2 is 1.88 bits per heavy atom. The van der Waals surface area contributed by atoms with Gasteiger partial charge in [-0.2, -0.15) is 0 Å². The van der Waals surface area contributed by atoms with E-state index in [1.807, 2.05) is 6.08 Å². The maximum Gasteiger partial charge on any atom is 0.312 e. The van der Waals surface area contributed by atoms with Crippen LogP contribution in [-0.4, -0.2) is 35.7 Å². The van der Waals surface area contributed by atoms with E-state index in [0.717, 1.165) is 0 Å². The molecular formula is C11H12O6. The Bertz CT molecular complexity index is 389. The lowest BCUT2D eigenvalue weighted by Gasteiger charge is -2.27. The number of carbonyl (C=O) groups excluding carboxylic acids is 1. The van der Waals surface area contributed by atoms with Crippen LogP contribution in [0.1, 0.15) is 12.8 Å². The molecule has 0 aromatic rings. The number of esters is 1. The zero-order valence-corrected chi connectivity index (χ0v) is 8.94. The number of carboxylic acid groups (broad SMARTS) is 1. The van der Waals surface area contributed by atoms with Gasteiger partial charge in [0, 0.05) is 0 Å². The number of allylic oxidation sites excluding steroid dienone is 2. The number of epoxide rings is 1. The largest absolute Gasteiger partial charge is 0.481 e. The minimum atomic E-state index is -0.966. The number of carbonyl (C=O) groups is 2. The summed E-state index contributed by atoms with van der Waals surface area (Å²) in [5.41, 5.74) is 0. The highest BCUT2D eigenvalue weighted by molar-refractivity contribution is 5.81. The van der Waals surface area contributed by atoms with Gasteiger partial charge in [-0.3, -0.25) is 9.59 Å². The molecule has 2 heterocycles. The standard InChI is InChI=1S/C11H12O6/c12-8(13)5-3-1-2-4-6(5)9(14)16-11-7-10(15-7)17-11/h1-2,5-7,10-11H,3-4H2,(H,12,13). The van der Waals surface area contributed by atoms with Crippen LogP contribution < -0.4 is 0 Å². The molecule has 1 aliphatic carbocycles. The summed E-state index contributed by atoms with van der Waals surface area (Å²) in [7, 11) is 0. The summed E-state index contributed by atoms with van der Waals surface area (Å²) in [5.74, 6) is -2.81. The van der Waals surface area contributed by atoms with Gasteiger partial charge in [-0.25, -0.2) is 0 Å². The quantitative estimate of drug-likeness (QED) is 0.433. The Morgan fingerprint density at radius 3 is 2.41 bits per heavy atom. The molecule has 0 bridgehead atoms. The highest BCUT2D eigenvalue weighted by atomic mass is 16.9. The van der Waals surface area contributed by atoms with Gasteiger partial charge < -0.3 is 19.3 Å². The molecule has 1 N–H and O–H groups in total. The molecule has 3 rings (SSSR count). The van der Waals surface area contributed by atoms with Gasteiger partial charge in [0.2, 0.25) is 6.29 Å². The van der Waals surface area contributed by atoms with Crippen molar-refractivity contribution in [2.45, 2.75) is 31.5 Å². The molecule has 2 saturated heterocycles. The van der Waals surface area contributed by atoms with Gasteiger partial charge in [0.1, 0.15) is 0 Å². The van der Waals surface area contributed by atoms with Crippen molar-refractivity contribution in [1.82, 2.24) is 0 Å².